The van der Waals surface area contributed by atoms with Gasteiger partial charge in [-0.05, 0) is 13.0 Å². The number of carbonyl (C=O) groups excluding carboxylic acids is 1. The molecule has 1 aromatic carbocycles. The van der Waals surface area contributed by atoms with Gasteiger partial charge in [-0.2, -0.15) is 0 Å². The Morgan fingerprint density at radius 3 is 2.75 bits per heavy atom. The number of nitrogens with zero attached hydrogens (tertiary/aromatic N) is 3. The van der Waals surface area contributed by atoms with Gasteiger partial charge in [-0.1, -0.05) is 45.9 Å². The molecule has 1 aromatic heterocycles. The molecule has 0 saturated heterocycles. The molecule has 0 fully saturated rings. The van der Waals surface area contributed by atoms with Gasteiger partial charge in [0.05, 0.1) is 5.25 Å². The zero-order chi connectivity index (χ0) is 14.7. The van der Waals surface area contributed by atoms with Gasteiger partial charge in [-0.25, -0.2) is 4.98 Å². The summed E-state index contributed by atoms with van der Waals surface area (Å²) in [5, 5.41) is 7.40. The van der Waals surface area contributed by atoms with E-state index in [0.29, 0.717) is 11.0 Å². The van der Waals surface area contributed by atoms with Crippen molar-refractivity contribution in [3.63, 3.8) is 0 Å². The van der Waals surface area contributed by atoms with Crippen molar-refractivity contribution in [1.82, 2.24) is 20.1 Å². The number of benzene rings is 1. The van der Waals surface area contributed by atoms with Crippen LogP contribution in [0.2, 0.25) is 0 Å². The summed E-state index contributed by atoms with van der Waals surface area (Å²) in [6.07, 6.45) is 0. The van der Waals surface area contributed by atoms with Crippen molar-refractivity contribution in [3.05, 3.63) is 28.7 Å². The summed E-state index contributed by atoms with van der Waals surface area (Å²) in [6.45, 7) is 1.85. The smallest absolute Gasteiger partial charge is 0.235 e. The first-order chi connectivity index (χ1) is 9.49. The number of aromatic nitrogens is 3. The van der Waals surface area contributed by atoms with E-state index in [2.05, 4.69) is 31.1 Å². The van der Waals surface area contributed by atoms with Crippen molar-refractivity contribution in [2.75, 3.05) is 14.1 Å². The maximum absolute atomic E-state index is 11.8. The second-order valence-electron chi connectivity index (χ2n) is 4.44. The minimum atomic E-state index is -0.215. The number of hydrogen-bond donors (Lipinski definition) is 1. The summed E-state index contributed by atoms with van der Waals surface area (Å²) in [7, 11) is 3.48. The van der Waals surface area contributed by atoms with Crippen LogP contribution >= 0.6 is 27.7 Å². The lowest BCUT2D eigenvalue weighted by atomic mass is 10.2. The number of aromatic amines is 1. The quantitative estimate of drug-likeness (QED) is 0.857. The molecule has 1 amide bonds. The third-order valence-electron chi connectivity index (χ3n) is 2.66. The molecule has 0 aliphatic rings. The lowest BCUT2D eigenvalue weighted by Crippen LogP contribution is -2.29. The largest absolute Gasteiger partial charge is 0.348 e. The molecular formula is C13H15BrN4OS. The van der Waals surface area contributed by atoms with E-state index in [4.69, 9.17) is 0 Å². The van der Waals surface area contributed by atoms with E-state index in [0.717, 1.165) is 10.0 Å². The molecule has 1 N–H and O–H groups in total. The molecule has 1 atom stereocenters. The van der Waals surface area contributed by atoms with Crippen LogP contribution in [0.3, 0.4) is 0 Å². The van der Waals surface area contributed by atoms with Gasteiger partial charge in [0.15, 0.2) is 5.82 Å². The Morgan fingerprint density at radius 1 is 1.40 bits per heavy atom. The number of carbonyl (C=O) groups is 1. The minimum absolute atomic E-state index is 0.0437. The molecule has 5 nitrogen and oxygen atoms in total. The highest BCUT2D eigenvalue weighted by Crippen LogP contribution is 2.27. The van der Waals surface area contributed by atoms with E-state index in [1.165, 1.54) is 11.8 Å². The van der Waals surface area contributed by atoms with Gasteiger partial charge < -0.3 is 4.90 Å². The van der Waals surface area contributed by atoms with Crippen molar-refractivity contribution in [2.24, 2.45) is 0 Å². The lowest BCUT2D eigenvalue weighted by Gasteiger charge is -2.14. The molecule has 0 bridgehead atoms. The number of thioether (sulfide) groups is 1. The molecule has 7 heteroatoms. The zero-order valence-electron chi connectivity index (χ0n) is 11.4. The van der Waals surface area contributed by atoms with Gasteiger partial charge in [0.1, 0.15) is 0 Å². The average molecular weight is 355 g/mol. The summed E-state index contributed by atoms with van der Waals surface area (Å²) in [6, 6.07) is 7.78. The molecular weight excluding hydrogens is 340 g/mol. The van der Waals surface area contributed by atoms with Crippen molar-refractivity contribution in [1.29, 1.82) is 0 Å². The van der Waals surface area contributed by atoms with E-state index in [1.807, 2.05) is 31.2 Å². The molecule has 0 saturated carbocycles. The van der Waals surface area contributed by atoms with E-state index in [1.54, 1.807) is 19.0 Å². The summed E-state index contributed by atoms with van der Waals surface area (Å²) in [4.78, 5) is 17.8. The first kappa shape index (κ1) is 15.1. The Kier molecular flexibility index (Phi) is 4.82. The minimum Gasteiger partial charge on any atom is -0.348 e. The molecule has 2 rings (SSSR count). The van der Waals surface area contributed by atoms with Gasteiger partial charge in [0.2, 0.25) is 11.1 Å². The highest BCUT2D eigenvalue weighted by molar-refractivity contribution is 9.10. The highest BCUT2D eigenvalue weighted by Gasteiger charge is 2.19. The Balaban J connectivity index is 2.14. The van der Waals surface area contributed by atoms with Crippen LogP contribution in [0.1, 0.15) is 6.92 Å². The molecule has 0 spiro atoms. The first-order valence-corrected chi connectivity index (χ1v) is 7.71. The topological polar surface area (TPSA) is 61.9 Å². The fourth-order valence-corrected chi connectivity index (χ4v) is 2.99. The SMILES string of the molecule is CC(Sc1n[nH]c(-c2ccccc2Br)n1)C(=O)N(C)C. The molecule has 0 aliphatic heterocycles. The van der Waals surface area contributed by atoms with Gasteiger partial charge in [-0.3, -0.25) is 9.89 Å². The standard InChI is InChI=1S/C13H15BrN4OS/c1-8(12(19)18(2)3)20-13-15-11(16-17-13)9-6-4-5-7-10(9)14/h4-8H,1-3H3,(H,15,16,17). The Labute approximate surface area is 130 Å². The molecule has 20 heavy (non-hydrogen) atoms. The lowest BCUT2D eigenvalue weighted by molar-refractivity contribution is -0.127. The summed E-state index contributed by atoms with van der Waals surface area (Å²) in [5.41, 5.74) is 0.943. The van der Waals surface area contributed by atoms with Crippen molar-refractivity contribution >= 4 is 33.6 Å². The number of halogens is 1. The maximum atomic E-state index is 11.8. The number of amides is 1. The van der Waals surface area contributed by atoms with Crippen LogP contribution in [0.15, 0.2) is 33.9 Å². The fourth-order valence-electron chi connectivity index (χ4n) is 1.64. The first-order valence-electron chi connectivity index (χ1n) is 6.04. The van der Waals surface area contributed by atoms with Gasteiger partial charge in [0, 0.05) is 24.1 Å². The van der Waals surface area contributed by atoms with Crippen LogP contribution in [0.25, 0.3) is 11.4 Å². The predicted octanol–water partition coefficient (Wildman–Crippen LogP) is 2.80. The second kappa shape index (κ2) is 6.41. The highest BCUT2D eigenvalue weighted by atomic mass is 79.9. The Morgan fingerprint density at radius 2 is 2.10 bits per heavy atom. The molecule has 1 unspecified atom stereocenters. The van der Waals surface area contributed by atoms with Gasteiger partial charge in [-0.15, -0.1) is 5.10 Å². The van der Waals surface area contributed by atoms with Crippen LogP contribution in [-0.4, -0.2) is 45.3 Å². The molecule has 0 radical (unpaired) electrons. The number of hydrogen-bond acceptors (Lipinski definition) is 4. The van der Waals surface area contributed by atoms with Crippen LogP contribution < -0.4 is 0 Å². The van der Waals surface area contributed by atoms with Crippen molar-refractivity contribution < 1.29 is 4.79 Å². The normalized spacial score (nSPS) is 12.2. The Hall–Kier alpha value is -1.34. The van der Waals surface area contributed by atoms with E-state index in [9.17, 15) is 4.79 Å². The maximum Gasteiger partial charge on any atom is 0.235 e. The molecule has 106 valence electrons. The van der Waals surface area contributed by atoms with E-state index >= 15 is 0 Å². The van der Waals surface area contributed by atoms with Crippen molar-refractivity contribution in [2.45, 2.75) is 17.3 Å². The number of nitrogens with one attached hydrogen (secondary N) is 1. The summed E-state index contributed by atoms with van der Waals surface area (Å²) >= 11 is 4.82. The van der Waals surface area contributed by atoms with Crippen LogP contribution in [0, 0.1) is 0 Å². The molecule has 2 aromatic rings. The molecule has 1 heterocycles. The summed E-state index contributed by atoms with van der Waals surface area (Å²) < 4.78 is 0.949. The predicted molar refractivity (Wildman–Crippen MR) is 83.5 cm³/mol. The van der Waals surface area contributed by atoms with Crippen LogP contribution in [0.5, 0.6) is 0 Å². The second-order valence-corrected chi connectivity index (χ2v) is 6.60. The van der Waals surface area contributed by atoms with E-state index < -0.39 is 0 Å². The van der Waals surface area contributed by atoms with Crippen LogP contribution in [-0.2, 0) is 4.79 Å². The monoisotopic (exact) mass is 354 g/mol. The third kappa shape index (κ3) is 3.40. The van der Waals surface area contributed by atoms with Crippen molar-refractivity contribution in [3.8, 4) is 11.4 Å². The molecule has 0 aliphatic carbocycles. The van der Waals surface area contributed by atoms with Gasteiger partial charge in [0.25, 0.3) is 0 Å². The average Bonchev–Trinajstić information content (AvgIpc) is 2.86. The zero-order valence-corrected chi connectivity index (χ0v) is 13.8. The fraction of sp³-hybridized carbons (Fsp3) is 0.308. The Bertz CT molecular complexity index is 614. The third-order valence-corrected chi connectivity index (χ3v) is 4.30. The summed E-state index contributed by atoms with van der Waals surface area (Å²) in [5.74, 6) is 0.728. The number of H-pyrrole nitrogens is 1. The van der Waals surface area contributed by atoms with Crippen LogP contribution in [0.4, 0.5) is 0 Å². The number of rotatable bonds is 4. The van der Waals surface area contributed by atoms with Gasteiger partial charge >= 0.3 is 0 Å². The van der Waals surface area contributed by atoms with E-state index in [-0.39, 0.29) is 11.2 Å².